The molecule has 1 fully saturated rings. The Labute approximate surface area is 221 Å². The first kappa shape index (κ1) is 26.0. The largest absolute Gasteiger partial charge is 0.478 e. The zero-order valence-electron chi connectivity index (χ0n) is 21.4. The Morgan fingerprint density at radius 2 is 1.85 bits per heavy atom. The number of aryl methyl sites for hydroxylation is 1. The van der Waals surface area contributed by atoms with Crippen LogP contribution in [0.2, 0.25) is 0 Å². The van der Waals surface area contributed by atoms with Gasteiger partial charge in [-0.2, -0.15) is 0 Å². The molecule has 3 heterocycles. The number of anilines is 1. The van der Waals surface area contributed by atoms with Crippen molar-refractivity contribution in [3.63, 3.8) is 0 Å². The molecule has 0 radical (unpaired) electrons. The maximum absolute atomic E-state index is 13.4. The molecule has 0 unspecified atom stereocenters. The Bertz CT molecular complexity index is 1680. The minimum Gasteiger partial charge on any atom is -0.478 e. The summed E-state index contributed by atoms with van der Waals surface area (Å²) in [5, 5.41) is 13.2. The molecule has 2 N–H and O–H groups in total. The van der Waals surface area contributed by atoms with E-state index in [1.807, 2.05) is 19.9 Å². The number of aromatic carboxylic acids is 1. The summed E-state index contributed by atoms with van der Waals surface area (Å²) in [7, 11) is 1.58. The van der Waals surface area contributed by atoms with E-state index < -0.39 is 36.9 Å². The molecule has 1 atom stereocenters. The lowest BCUT2D eigenvalue weighted by Gasteiger charge is -2.38. The summed E-state index contributed by atoms with van der Waals surface area (Å²) < 4.78 is 27.7. The van der Waals surface area contributed by atoms with Crippen molar-refractivity contribution in [3.05, 3.63) is 87.5 Å². The molecule has 0 aliphatic carbocycles. The number of para-hydroxylation sites is 1. The van der Waals surface area contributed by atoms with Crippen LogP contribution >= 0.6 is 0 Å². The van der Waals surface area contributed by atoms with Gasteiger partial charge in [0, 0.05) is 30.1 Å². The fourth-order valence-electron chi connectivity index (χ4n) is 4.72. The van der Waals surface area contributed by atoms with Crippen molar-refractivity contribution in [2.45, 2.75) is 25.8 Å². The first-order chi connectivity index (χ1) is 18.4. The zero-order valence-corrected chi connectivity index (χ0v) is 21.4. The number of carboxylic acids is 1. The second-order valence-electron chi connectivity index (χ2n) is 9.72. The highest BCUT2D eigenvalue weighted by Crippen LogP contribution is 2.30. The van der Waals surface area contributed by atoms with Gasteiger partial charge in [-0.15, -0.1) is 0 Å². The molecule has 0 bridgehead atoms. The van der Waals surface area contributed by atoms with Crippen LogP contribution in [-0.4, -0.2) is 55.4 Å². The molecule has 5 rings (SSSR count). The quantitative estimate of drug-likeness (QED) is 0.380. The van der Waals surface area contributed by atoms with Crippen molar-refractivity contribution in [3.8, 4) is 11.4 Å². The molecule has 1 amide bonds. The summed E-state index contributed by atoms with van der Waals surface area (Å²) in [6, 6.07) is 12.8. The van der Waals surface area contributed by atoms with E-state index in [4.69, 9.17) is 4.98 Å². The number of rotatable bonds is 6. The van der Waals surface area contributed by atoms with Crippen molar-refractivity contribution in [1.29, 1.82) is 0 Å². The lowest BCUT2D eigenvalue weighted by atomic mass is 10.00. The van der Waals surface area contributed by atoms with Gasteiger partial charge >= 0.3 is 5.97 Å². The Hall–Kier alpha value is -4.67. The van der Waals surface area contributed by atoms with Crippen LogP contribution in [-0.2, 0) is 7.05 Å². The predicted octanol–water partition coefficient (Wildman–Crippen LogP) is 4.27. The molecule has 2 aromatic heterocycles. The fourth-order valence-corrected chi connectivity index (χ4v) is 4.72. The molecule has 1 aliphatic rings. The maximum atomic E-state index is 13.4. The normalized spacial score (nSPS) is 15.1. The third-order valence-electron chi connectivity index (χ3n) is 6.72. The summed E-state index contributed by atoms with van der Waals surface area (Å²) in [4.78, 5) is 47.5. The van der Waals surface area contributed by atoms with Crippen LogP contribution in [0.3, 0.4) is 0 Å². The van der Waals surface area contributed by atoms with Gasteiger partial charge in [0.2, 0.25) is 0 Å². The van der Waals surface area contributed by atoms with Crippen molar-refractivity contribution >= 4 is 28.5 Å². The number of hydrogen-bond acceptors (Lipinski definition) is 6. The van der Waals surface area contributed by atoms with Gasteiger partial charge in [0.15, 0.2) is 0 Å². The molecular weight excluding hydrogens is 508 g/mol. The lowest BCUT2D eigenvalue weighted by molar-refractivity contribution is -0.113. The number of pyridine rings is 1. The van der Waals surface area contributed by atoms with Crippen LogP contribution in [0.25, 0.3) is 22.3 Å². The summed E-state index contributed by atoms with van der Waals surface area (Å²) in [5.41, 5.74) is 2.72. The molecule has 0 saturated carbocycles. The van der Waals surface area contributed by atoms with Crippen LogP contribution in [0.4, 0.5) is 14.5 Å². The van der Waals surface area contributed by atoms with E-state index in [1.54, 1.807) is 37.4 Å². The number of nitrogens with one attached hydrogen (secondary N) is 1. The van der Waals surface area contributed by atoms with E-state index in [0.717, 1.165) is 10.5 Å². The smallest absolute Gasteiger partial charge is 0.337 e. The Morgan fingerprint density at radius 1 is 1.13 bits per heavy atom. The number of halogens is 2. The van der Waals surface area contributed by atoms with Crippen LogP contribution in [0.5, 0.6) is 0 Å². The molecule has 0 spiro atoms. The zero-order chi connectivity index (χ0) is 28.1. The van der Waals surface area contributed by atoms with E-state index in [0.29, 0.717) is 33.5 Å². The molecule has 11 heteroatoms. The van der Waals surface area contributed by atoms with Crippen molar-refractivity contribution < 1.29 is 23.5 Å². The highest BCUT2D eigenvalue weighted by atomic mass is 19.3. The van der Waals surface area contributed by atoms with Gasteiger partial charge in [-0.05, 0) is 49.7 Å². The Balaban J connectivity index is 1.53. The Kier molecular flexibility index (Phi) is 6.37. The van der Waals surface area contributed by atoms with E-state index >= 15 is 0 Å². The Morgan fingerprint density at radius 3 is 2.49 bits per heavy atom. The van der Waals surface area contributed by atoms with Crippen LogP contribution in [0, 0.1) is 6.92 Å². The van der Waals surface area contributed by atoms with Gasteiger partial charge in [-0.3, -0.25) is 19.1 Å². The van der Waals surface area contributed by atoms with E-state index in [9.17, 15) is 28.3 Å². The van der Waals surface area contributed by atoms with Gasteiger partial charge in [0.05, 0.1) is 35.6 Å². The van der Waals surface area contributed by atoms with Gasteiger partial charge < -0.3 is 15.3 Å². The molecule has 39 heavy (non-hydrogen) atoms. The summed E-state index contributed by atoms with van der Waals surface area (Å²) in [5.74, 6) is -4.23. The van der Waals surface area contributed by atoms with Crippen LogP contribution in [0.1, 0.15) is 44.9 Å². The molecule has 200 valence electrons. The van der Waals surface area contributed by atoms with Crippen LogP contribution in [0.15, 0.2) is 59.5 Å². The van der Waals surface area contributed by atoms with Crippen LogP contribution < -0.4 is 10.9 Å². The summed E-state index contributed by atoms with van der Waals surface area (Å²) in [6.07, 6.45) is 1.39. The SMILES string of the molecule is Cc1cc([C@@H](C)Nc2ccccc2C(=O)O)c2nc(-c3ccc(C(=O)N4CC(F)(F)C4)nc3)n(C)c(=O)c2c1. The van der Waals surface area contributed by atoms with Gasteiger partial charge in [0.25, 0.3) is 17.4 Å². The number of likely N-dealkylation sites (tertiary alicyclic amines) is 1. The number of carboxylic acid groups (broad SMARTS) is 1. The molecular formula is C28H25F2N5O4. The first-order valence-electron chi connectivity index (χ1n) is 12.2. The highest BCUT2D eigenvalue weighted by molar-refractivity contribution is 5.95. The number of benzene rings is 2. The average Bonchev–Trinajstić information content (AvgIpc) is 2.89. The molecule has 1 aliphatic heterocycles. The standard InChI is InChI=1S/C28H25F2N5O4/c1-15-10-19(16(2)32-21-7-5-4-6-18(21)27(38)39)23-20(11-15)25(36)34(3)24(33-23)17-8-9-22(31-12-17)26(37)35-13-28(29,30)14-35/h4-12,16,32H,13-14H2,1-3H3,(H,38,39)/t16-/m1/s1. The first-order valence-corrected chi connectivity index (χ1v) is 12.2. The number of carbonyl (C=O) groups excluding carboxylic acids is 1. The monoisotopic (exact) mass is 533 g/mol. The molecule has 4 aromatic rings. The highest BCUT2D eigenvalue weighted by Gasteiger charge is 2.46. The number of amides is 1. The second-order valence-corrected chi connectivity index (χ2v) is 9.72. The minimum absolute atomic E-state index is 0.0197. The number of fused-ring (bicyclic) bond motifs is 1. The third-order valence-corrected chi connectivity index (χ3v) is 6.72. The molecule has 2 aromatic carbocycles. The van der Waals surface area contributed by atoms with E-state index in [-0.39, 0.29) is 16.8 Å². The van der Waals surface area contributed by atoms with Gasteiger partial charge in [-0.1, -0.05) is 18.2 Å². The minimum atomic E-state index is -2.87. The second kappa shape index (κ2) is 9.57. The number of aromatic nitrogens is 3. The number of hydrogen-bond donors (Lipinski definition) is 2. The third kappa shape index (κ3) is 4.83. The maximum Gasteiger partial charge on any atom is 0.337 e. The lowest BCUT2D eigenvalue weighted by Crippen LogP contribution is -2.58. The van der Waals surface area contributed by atoms with E-state index in [2.05, 4.69) is 10.3 Å². The van der Waals surface area contributed by atoms with Crippen molar-refractivity contribution in [2.75, 3.05) is 18.4 Å². The average molecular weight is 534 g/mol. The van der Waals surface area contributed by atoms with Crippen molar-refractivity contribution in [2.24, 2.45) is 7.05 Å². The molecule has 1 saturated heterocycles. The predicted molar refractivity (Wildman–Crippen MR) is 141 cm³/mol. The summed E-state index contributed by atoms with van der Waals surface area (Å²) >= 11 is 0. The summed E-state index contributed by atoms with van der Waals surface area (Å²) in [6.45, 7) is 2.44. The van der Waals surface area contributed by atoms with Gasteiger partial charge in [0.1, 0.15) is 11.5 Å². The van der Waals surface area contributed by atoms with Crippen molar-refractivity contribution in [1.82, 2.24) is 19.4 Å². The number of alkyl halides is 2. The molecule has 9 nitrogen and oxygen atoms in total. The number of carbonyl (C=O) groups is 2. The fraction of sp³-hybridized carbons (Fsp3) is 0.250. The number of nitrogens with zero attached hydrogens (tertiary/aromatic N) is 4. The topological polar surface area (TPSA) is 117 Å². The van der Waals surface area contributed by atoms with Gasteiger partial charge in [-0.25, -0.2) is 18.6 Å². The van der Waals surface area contributed by atoms with E-state index in [1.165, 1.54) is 22.9 Å².